The number of anilines is 1. The number of piperazine rings is 1. The molecule has 25 heavy (non-hydrogen) atoms. The molecule has 1 aromatic carbocycles. The zero-order valence-corrected chi connectivity index (χ0v) is 14.6. The van der Waals surface area contributed by atoms with Crippen molar-refractivity contribution in [3.8, 4) is 0 Å². The molecule has 1 saturated heterocycles. The molecule has 2 unspecified atom stereocenters. The van der Waals surface area contributed by atoms with Crippen LogP contribution in [0.1, 0.15) is 6.92 Å². The van der Waals surface area contributed by atoms with Crippen molar-refractivity contribution in [2.24, 2.45) is 5.73 Å². The third-order valence-corrected chi connectivity index (χ3v) is 4.31. The maximum absolute atomic E-state index is 13.2. The van der Waals surface area contributed by atoms with Gasteiger partial charge in [0.1, 0.15) is 11.9 Å². The number of hydrogen-bond acceptors (Lipinski definition) is 5. The number of amides is 2. The number of methoxy groups -OCH3 is 1. The first kappa shape index (κ1) is 19.3. The Labute approximate surface area is 146 Å². The molecule has 0 bridgehead atoms. The van der Waals surface area contributed by atoms with Crippen LogP contribution in [0.2, 0.25) is 0 Å². The summed E-state index contributed by atoms with van der Waals surface area (Å²) in [6, 6.07) is 4.74. The molecule has 1 aromatic rings. The van der Waals surface area contributed by atoms with Crippen LogP contribution in [-0.2, 0) is 14.3 Å². The van der Waals surface area contributed by atoms with E-state index in [1.54, 1.807) is 24.0 Å². The number of nitrogens with one attached hydrogen (secondary N) is 1. The van der Waals surface area contributed by atoms with Gasteiger partial charge in [-0.25, -0.2) is 4.39 Å². The van der Waals surface area contributed by atoms with Crippen LogP contribution in [0.15, 0.2) is 24.3 Å². The minimum Gasteiger partial charge on any atom is -0.383 e. The Bertz CT molecular complexity index is 605. The van der Waals surface area contributed by atoms with Crippen LogP contribution in [-0.4, -0.2) is 73.6 Å². The molecule has 0 aliphatic carbocycles. The predicted octanol–water partition coefficient (Wildman–Crippen LogP) is 0.271. The van der Waals surface area contributed by atoms with E-state index in [-0.39, 0.29) is 24.5 Å². The van der Waals surface area contributed by atoms with Crippen molar-refractivity contribution in [2.45, 2.75) is 19.0 Å². The van der Waals surface area contributed by atoms with Gasteiger partial charge in [-0.1, -0.05) is 6.07 Å². The maximum atomic E-state index is 13.2. The van der Waals surface area contributed by atoms with Gasteiger partial charge < -0.3 is 20.7 Å². The van der Waals surface area contributed by atoms with Crippen LogP contribution < -0.4 is 11.1 Å². The molecule has 0 radical (unpaired) electrons. The third-order valence-electron chi connectivity index (χ3n) is 4.31. The molecule has 8 heteroatoms. The minimum atomic E-state index is -0.662. The highest BCUT2D eigenvalue weighted by Gasteiger charge is 2.29. The van der Waals surface area contributed by atoms with E-state index in [1.165, 1.54) is 19.2 Å². The maximum Gasteiger partial charge on any atom is 0.241 e. The van der Waals surface area contributed by atoms with Gasteiger partial charge in [0.2, 0.25) is 11.8 Å². The van der Waals surface area contributed by atoms with Gasteiger partial charge in [-0.15, -0.1) is 0 Å². The van der Waals surface area contributed by atoms with Crippen molar-refractivity contribution >= 4 is 17.5 Å². The molecule has 1 aliphatic rings. The Morgan fingerprint density at radius 3 is 2.60 bits per heavy atom. The molecule has 0 saturated carbocycles. The Morgan fingerprint density at radius 2 is 2.00 bits per heavy atom. The molecule has 1 fully saturated rings. The zero-order valence-electron chi connectivity index (χ0n) is 14.6. The topological polar surface area (TPSA) is 87.9 Å². The Kier molecular flexibility index (Phi) is 6.86. The highest BCUT2D eigenvalue weighted by Crippen LogP contribution is 2.12. The smallest absolute Gasteiger partial charge is 0.241 e. The van der Waals surface area contributed by atoms with E-state index in [1.807, 2.05) is 4.90 Å². The van der Waals surface area contributed by atoms with E-state index in [9.17, 15) is 14.0 Å². The van der Waals surface area contributed by atoms with E-state index >= 15 is 0 Å². The monoisotopic (exact) mass is 352 g/mol. The second-order valence-corrected chi connectivity index (χ2v) is 6.10. The van der Waals surface area contributed by atoms with Crippen LogP contribution in [0.4, 0.5) is 10.1 Å². The lowest BCUT2D eigenvalue weighted by atomic mass is 10.2. The van der Waals surface area contributed by atoms with Gasteiger partial charge in [0.15, 0.2) is 0 Å². The van der Waals surface area contributed by atoms with Crippen molar-refractivity contribution in [3.63, 3.8) is 0 Å². The van der Waals surface area contributed by atoms with Crippen molar-refractivity contribution in [1.82, 2.24) is 9.80 Å². The first-order valence-corrected chi connectivity index (χ1v) is 8.26. The fraction of sp³-hybridized carbons (Fsp3) is 0.529. The van der Waals surface area contributed by atoms with Gasteiger partial charge in [-0.2, -0.15) is 0 Å². The van der Waals surface area contributed by atoms with Crippen LogP contribution in [0, 0.1) is 5.82 Å². The quantitative estimate of drug-likeness (QED) is 0.767. The number of ether oxygens (including phenoxy) is 1. The number of nitrogens with zero attached hydrogens (tertiary/aromatic N) is 2. The normalized spacial score (nSPS) is 17.8. The molecule has 0 spiro atoms. The highest BCUT2D eigenvalue weighted by molar-refractivity contribution is 5.94. The van der Waals surface area contributed by atoms with Crippen LogP contribution >= 0.6 is 0 Å². The highest BCUT2D eigenvalue weighted by atomic mass is 19.1. The van der Waals surface area contributed by atoms with Gasteiger partial charge in [-0.3, -0.25) is 14.5 Å². The Morgan fingerprint density at radius 1 is 1.32 bits per heavy atom. The summed E-state index contributed by atoms with van der Waals surface area (Å²) in [6.45, 7) is 4.14. The molecule has 2 amide bonds. The number of benzene rings is 1. The lowest BCUT2D eigenvalue weighted by Crippen LogP contribution is -2.57. The summed E-state index contributed by atoms with van der Waals surface area (Å²) in [5, 5.41) is 2.71. The van der Waals surface area contributed by atoms with E-state index in [4.69, 9.17) is 10.5 Å². The van der Waals surface area contributed by atoms with Crippen molar-refractivity contribution in [2.75, 3.05) is 45.2 Å². The Balaban J connectivity index is 1.85. The average Bonchev–Trinajstić information content (AvgIpc) is 2.60. The van der Waals surface area contributed by atoms with Gasteiger partial charge in [0.05, 0.1) is 12.6 Å². The zero-order chi connectivity index (χ0) is 18.4. The fourth-order valence-electron chi connectivity index (χ4n) is 2.79. The lowest BCUT2D eigenvalue weighted by Gasteiger charge is -2.38. The summed E-state index contributed by atoms with van der Waals surface area (Å²) in [7, 11) is 1.50. The number of halogens is 1. The molecule has 2 atom stereocenters. The molecule has 1 heterocycles. The average molecular weight is 352 g/mol. The summed E-state index contributed by atoms with van der Waals surface area (Å²) in [6.07, 6.45) is 0. The molecule has 1 aliphatic heterocycles. The molecule has 2 rings (SSSR count). The summed E-state index contributed by atoms with van der Waals surface area (Å²) in [4.78, 5) is 28.2. The van der Waals surface area contributed by atoms with E-state index in [0.717, 1.165) is 0 Å². The molecule has 138 valence electrons. The van der Waals surface area contributed by atoms with Gasteiger partial charge >= 0.3 is 0 Å². The fourth-order valence-corrected chi connectivity index (χ4v) is 2.79. The standard InChI is InChI=1S/C17H25FN4O3/c1-12(16(23)20-14-5-3-4-13(18)10-14)21-6-8-22(9-7-21)17(24)15(19)11-25-2/h3-5,10,12,15H,6-9,11,19H2,1-2H3,(H,20,23). The van der Waals surface area contributed by atoms with Gasteiger partial charge in [0.25, 0.3) is 0 Å². The number of carbonyl (C=O) groups excluding carboxylic acids is 2. The molecule has 0 aromatic heterocycles. The number of carbonyl (C=O) groups is 2. The van der Waals surface area contributed by atoms with Crippen molar-refractivity contribution in [3.05, 3.63) is 30.1 Å². The van der Waals surface area contributed by atoms with Crippen LogP contribution in [0.5, 0.6) is 0 Å². The molecule has 3 N–H and O–H groups in total. The van der Waals surface area contributed by atoms with Crippen LogP contribution in [0.25, 0.3) is 0 Å². The minimum absolute atomic E-state index is 0.140. The van der Waals surface area contributed by atoms with Crippen LogP contribution in [0.3, 0.4) is 0 Å². The van der Waals surface area contributed by atoms with E-state index < -0.39 is 11.9 Å². The SMILES string of the molecule is COCC(N)C(=O)N1CCN(C(C)C(=O)Nc2cccc(F)c2)CC1. The largest absolute Gasteiger partial charge is 0.383 e. The number of rotatable bonds is 6. The number of nitrogens with two attached hydrogens (primary N) is 1. The summed E-state index contributed by atoms with van der Waals surface area (Å²) < 4.78 is 18.1. The first-order chi connectivity index (χ1) is 11.9. The Hall–Kier alpha value is -2.03. The second kappa shape index (κ2) is 8.89. The molecule has 7 nitrogen and oxygen atoms in total. The third kappa shape index (κ3) is 5.22. The summed E-state index contributed by atoms with van der Waals surface area (Å²) in [5.41, 5.74) is 6.20. The second-order valence-electron chi connectivity index (χ2n) is 6.10. The van der Waals surface area contributed by atoms with Crippen molar-refractivity contribution < 1.29 is 18.7 Å². The predicted molar refractivity (Wildman–Crippen MR) is 92.5 cm³/mol. The summed E-state index contributed by atoms with van der Waals surface area (Å²) >= 11 is 0. The van der Waals surface area contributed by atoms with E-state index in [2.05, 4.69) is 5.32 Å². The van der Waals surface area contributed by atoms with Gasteiger partial charge in [0, 0.05) is 39.0 Å². The van der Waals surface area contributed by atoms with Crippen molar-refractivity contribution in [1.29, 1.82) is 0 Å². The first-order valence-electron chi connectivity index (χ1n) is 8.26. The van der Waals surface area contributed by atoms with E-state index in [0.29, 0.717) is 31.9 Å². The lowest BCUT2D eigenvalue weighted by molar-refractivity contribution is -0.136. The van der Waals surface area contributed by atoms with Gasteiger partial charge in [-0.05, 0) is 25.1 Å². The molecular weight excluding hydrogens is 327 g/mol. The summed E-state index contributed by atoms with van der Waals surface area (Å²) in [5.74, 6) is -0.746. The molecular formula is C17H25FN4O3. The number of hydrogen-bond donors (Lipinski definition) is 2.